The Balaban J connectivity index is 1.77. The van der Waals surface area contributed by atoms with Gasteiger partial charge in [0, 0.05) is 18.1 Å². The molecule has 1 aliphatic rings. The molecule has 0 unspecified atom stereocenters. The first-order chi connectivity index (χ1) is 12.3. The standard InChI is InChI=1S/C17H20ClN3O4S/c1-11-16(12(2)25-20-11)26(23,24)21-9-5-8-15(21)17(22)19-10-13-6-3-4-7-14(13)18/h3-4,6-7,15H,5,8-10H2,1-2H3,(H,19,22)/t15-/m0/s1. The second-order valence-corrected chi connectivity index (χ2v) is 8.47. The molecule has 7 nitrogen and oxygen atoms in total. The van der Waals surface area contributed by atoms with Crippen LogP contribution in [0.1, 0.15) is 29.9 Å². The van der Waals surface area contributed by atoms with E-state index in [0.717, 1.165) is 5.56 Å². The van der Waals surface area contributed by atoms with Crippen LogP contribution < -0.4 is 5.32 Å². The summed E-state index contributed by atoms with van der Waals surface area (Å²) >= 11 is 6.10. The van der Waals surface area contributed by atoms with Gasteiger partial charge < -0.3 is 9.84 Å². The Morgan fingerprint density at radius 2 is 2.12 bits per heavy atom. The first kappa shape index (κ1) is 18.9. The van der Waals surface area contributed by atoms with Gasteiger partial charge >= 0.3 is 0 Å². The van der Waals surface area contributed by atoms with Crippen molar-refractivity contribution in [1.82, 2.24) is 14.8 Å². The van der Waals surface area contributed by atoms with Crippen LogP contribution in [0.5, 0.6) is 0 Å². The van der Waals surface area contributed by atoms with Gasteiger partial charge in [0.25, 0.3) is 0 Å². The number of benzene rings is 1. The fourth-order valence-corrected chi connectivity index (χ4v) is 5.35. The normalized spacial score (nSPS) is 18.2. The van der Waals surface area contributed by atoms with Gasteiger partial charge in [0.1, 0.15) is 16.6 Å². The molecule has 1 aliphatic heterocycles. The quantitative estimate of drug-likeness (QED) is 0.836. The van der Waals surface area contributed by atoms with Crippen LogP contribution in [0.3, 0.4) is 0 Å². The van der Waals surface area contributed by atoms with Crippen LogP contribution in [0.25, 0.3) is 0 Å². The number of nitrogens with zero attached hydrogens (tertiary/aromatic N) is 2. The molecule has 26 heavy (non-hydrogen) atoms. The van der Waals surface area contributed by atoms with Gasteiger partial charge in [0.05, 0.1) is 0 Å². The monoisotopic (exact) mass is 397 g/mol. The Hall–Kier alpha value is -1.90. The fourth-order valence-electron chi connectivity index (χ4n) is 3.19. The highest BCUT2D eigenvalue weighted by Crippen LogP contribution is 2.29. The maximum Gasteiger partial charge on any atom is 0.249 e. The SMILES string of the molecule is Cc1noc(C)c1S(=O)(=O)N1CCC[C@H]1C(=O)NCc1ccccc1Cl. The third-order valence-corrected chi connectivity index (χ3v) is 6.97. The van der Waals surface area contributed by atoms with Crippen molar-refractivity contribution >= 4 is 27.5 Å². The smallest absolute Gasteiger partial charge is 0.249 e. The van der Waals surface area contributed by atoms with E-state index in [0.29, 0.717) is 23.6 Å². The highest BCUT2D eigenvalue weighted by molar-refractivity contribution is 7.89. The predicted molar refractivity (Wildman–Crippen MR) is 96.2 cm³/mol. The van der Waals surface area contributed by atoms with Crippen LogP contribution in [-0.2, 0) is 21.4 Å². The summed E-state index contributed by atoms with van der Waals surface area (Å²) in [5, 5.41) is 7.06. The van der Waals surface area contributed by atoms with E-state index >= 15 is 0 Å². The number of halogens is 1. The van der Waals surface area contributed by atoms with Gasteiger partial charge in [0.2, 0.25) is 15.9 Å². The molecule has 1 saturated heterocycles. The van der Waals surface area contributed by atoms with Gasteiger partial charge in [-0.05, 0) is 38.3 Å². The van der Waals surface area contributed by atoms with E-state index < -0.39 is 16.1 Å². The highest BCUT2D eigenvalue weighted by Gasteiger charge is 2.41. The van der Waals surface area contributed by atoms with E-state index in [1.807, 2.05) is 18.2 Å². The number of hydrogen-bond donors (Lipinski definition) is 1. The minimum absolute atomic E-state index is 0.0447. The first-order valence-corrected chi connectivity index (χ1v) is 10.1. The molecule has 1 amide bonds. The van der Waals surface area contributed by atoms with Crippen LogP contribution >= 0.6 is 11.6 Å². The molecule has 0 bridgehead atoms. The molecule has 0 saturated carbocycles. The third kappa shape index (κ3) is 3.49. The van der Waals surface area contributed by atoms with Crippen LogP contribution in [-0.4, -0.2) is 36.4 Å². The van der Waals surface area contributed by atoms with Gasteiger partial charge in [-0.3, -0.25) is 4.79 Å². The molecule has 1 aromatic carbocycles. The maximum absolute atomic E-state index is 13.0. The van der Waals surface area contributed by atoms with Gasteiger partial charge in [-0.25, -0.2) is 8.42 Å². The van der Waals surface area contributed by atoms with E-state index in [4.69, 9.17) is 16.1 Å². The van der Waals surface area contributed by atoms with Crippen molar-refractivity contribution in [3.63, 3.8) is 0 Å². The summed E-state index contributed by atoms with van der Waals surface area (Å²) in [5.74, 6) is -0.109. The zero-order chi connectivity index (χ0) is 18.9. The van der Waals surface area contributed by atoms with Crippen LogP contribution in [0.4, 0.5) is 0 Å². The number of aryl methyl sites for hydroxylation is 2. The number of carbonyl (C=O) groups excluding carboxylic acids is 1. The van der Waals surface area contributed by atoms with Gasteiger partial charge in [-0.2, -0.15) is 4.31 Å². The van der Waals surface area contributed by atoms with E-state index in [2.05, 4.69) is 10.5 Å². The molecule has 2 aromatic rings. The number of nitrogens with one attached hydrogen (secondary N) is 1. The lowest BCUT2D eigenvalue weighted by Gasteiger charge is -2.23. The lowest BCUT2D eigenvalue weighted by atomic mass is 10.2. The lowest BCUT2D eigenvalue weighted by molar-refractivity contribution is -0.124. The molecule has 3 rings (SSSR count). The van der Waals surface area contributed by atoms with E-state index in [1.54, 1.807) is 19.9 Å². The highest BCUT2D eigenvalue weighted by atomic mass is 35.5. The van der Waals surface area contributed by atoms with Crippen molar-refractivity contribution in [3.8, 4) is 0 Å². The van der Waals surface area contributed by atoms with Crippen LogP contribution in [0.2, 0.25) is 5.02 Å². The summed E-state index contributed by atoms with van der Waals surface area (Å²) in [6, 6.07) is 6.44. The number of aromatic nitrogens is 1. The average molecular weight is 398 g/mol. The van der Waals surface area contributed by atoms with Crippen molar-refractivity contribution in [1.29, 1.82) is 0 Å². The van der Waals surface area contributed by atoms with E-state index in [1.165, 1.54) is 4.31 Å². The molecular weight excluding hydrogens is 378 g/mol. The second-order valence-electron chi connectivity index (χ2n) is 6.24. The molecule has 1 N–H and O–H groups in total. The Morgan fingerprint density at radius 1 is 1.38 bits per heavy atom. The predicted octanol–water partition coefficient (Wildman–Crippen LogP) is 2.41. The Labute approximate surface area is 157 Å². The topological polar surface area (TPSA) is 92.5 Å². The number of sulfonamides is 1. The molecule has 1 aromatic heterocycles. The molecule has 2 heterocycles. The van der Waals surface area contributed by atoms with Crippen molar-refractivity contribution in [3.05, 3.63) is 46.3 Å². The van der Waals surface area contributed by atoms with E-state index in [-0.39, 0.29) is 29.7 Å². The van der Waals surface area contributed by atoms with E-state index in [9.17, 15) is 13.2 Å². The second kappa shape index (κ2) is 7.38. The fraction of sp³-hybridized carbons (Fsp3) is 0.412. The van der Waals surface area contributed by atoms with Crippen LogP contribution in [0.15, 0.2) is 33.7 Å². The minimum atomic E-state index is -3.85. The molecule has 1 fully saturated rings. The van der Waals surface area contributed by atoms with Crippen molar-refractivity contribution in [2.45, 2.75) is 44.2 Å². The van der Waals surface area contributed by atoms with Gasteiger partial charge in [-0.1, -0.05) is 35.0 Å². The number of rotatable bonds is 5. The molecular formula is C17H20ClN3O4S. The molecule has 1 atom stereocenters. The van der Waals surface area contributed by atoms with Crippen molar-refractivity contribution in [2.24, 2.45) is 0 Å². The summed E-state index contributed by atoms with van der Waals surface area (Å²) in [6.45, 7) is 3.66. The van der Waals surface area contributed by atoms with Crippen LogP contribution in [0, 0.1) is 13.8 Å². The minimum Gasteiger partial charge on any atom is -0.360 e. The van der Waals surface area contributed by atoms with Gasteiger partial charge in [0.15, 0.2) is 5.76 Å². The molecule has 0 radical (unpaired) electrons. The summed E-state index contributed by atoms with van der Waals surface area (Å²) < 4.78 is 32.2. The Kier molecular flexibility index (Phi) is 5.36. The maximum atomic E-state index is 13.0. The zero-order valence-corrected chi connectivity index (χ0v) is 16.1. The third-order valence-electron chi connectivity index (χ3n) is 4.45. The summed E-state index contributed by atoms with van der Waals surface area (Å²) in [6.07, 6.45) is 1.09. The molecule has 140 valence electrons. The summed E-state index contributed by atoms with van der Waals surface area (Å²) in [7, 11) is -3.85. The Morgan fingerprint density at radius 3 is 2.77 bits per heavy atom. The van der Waals surface area contributed by atoms with Crippen molar-refractivity contribution in [2.75, 3.05) is 6.54 Å². The lowest BCUT2D eigenvalue weighted by Crippen LogP contribution is -2.45. The number of carbonyl (C=O) groups is 1. The summed E-state index contributed by atoms with van der Waals surface area (Å²) in [5.41, 5.74) is 1.07. The van der Waals surface area contributed by atoms with Gasteiger partial charge in [-0.15, -0.1) is 0 Å². The average Bonchev–Trinajstić information content (AvgIpc) is 3.21. The first-order valence-electron chi connectivity index (χ1n) is 8.28. The Bertz CT molecular complexity index is 906. The largest absolute Gasteiger partial charge is 0.360 e. The molecule has 9 heteroatoms. The molecule has 0 spiro atoms. The summed E-state index contributed by atoms with van der Waals surface area (Å²) in [4.78, 5) is 12.7. The zero-order valence-electron chi connectivity index (χ0n) is 14.5. The van der Waals surface area contributed by atoms with Crippen molar-refractivity contribution < 1.29 is 17.7 Å². The number of amides is 1. The molecule has 0 aliphatic carbocycles. The number of hydrogen-bond acceptors (Lipinski definition) is 5.